The van der Waals surface area contributed by atoms with Crippen molar-refractivity contribution < 1.29 is 4.92 Å². The molecule has 102 valence electrons. The van der Waals surface area contributed by atoms with Crippen molar-refractivity contribution in [2.24, 2.45) is 0 Å². The summed E-state index contributed by atoms with van der Waals surface area (Å²) in [7, 11) is 0. The molecule has 7 nitrogen and oxygen atoms in total. The van der Waals surface area contributed by atoms with Crippen molar-refractivity contribution >= 4 is 16.7 Å². The molecule has 7 heteroatoms. The summed E-state index contributed by atoms with van der Waals surface area (Å²) in [6.07, 6.45) is 1.97. The standard InChI is InChI=1S/C14H8N4O3/c19-14-10-2-1-5-15-13(10)16-12-7-8-6-9(18(20)21)3-4-11(8)17(12)14/h1-6H,7H2. The first kappa shape index (κ1) is 11.7. The number of pyridine rings is 1. The van der Waals surface area contributed by atoms with Crippen LogP contribution in [0.5, 0.6) is 0 Å². The average Bonchev–Trinajstić information content (AvgIpc) is 2.84. The molecule has 0 N–H and O–H groups in total. The van der Waals surface area contributed by atoms with E-state index in [0.29, 0.717) is 29.0 Å². The van der Waals surface area contributed by atoms with Crippen LogP contribution in [0.2, 0.25) is 0 Å². The van der Waals surface area contributed by atoms with Crippen molar-refractivity contribution in [1.82, 2.24) is 14.5 Å². The van der Waals surface area contributed by atoms with Crippen LogP contribution in [0, 0.1) is 10.1 Å². The second kappa shape index (κ2) is 3.95. The van der Waals surface area contributed by atoms with Crippen molar-refractivity contribution in [1.29, 1.82) is 0 Å². The van der Waals surface area contributed by atoms with Gasteiger partial charge >= 0.3 is 0 Å². The van der Waals surface area contributed by atoms with Crippen molar-refractivity contribution in [3.05, 3.63) is 68.4 Å². The minimum Gasteiger partial charge on any atom is -0.268 e. The van der Waals surface area contributed by atoms with E-state index in [9.17, 15) is 14.9 Å². The van der Waals surface area contributed by atoms with E-state index in [1.807, 2.05) is 0 Å². The van der Waals surface area contributed by atoms with Crippen LogP contribution < -0.4 is 5.56 Å². The second-order valence-electron chi connectivity index (χ2n) is 4.79. The van der Waals surface area contributed by atoms with Gasteiger partial charge in [0.2, 0.25) is 0 Å². The highest BCUT2D eigenvalue weighted by Crippen LogP contribution is 2.28. The maximum Gasteiger partial charge on any atom is 0.269 e. The molecule has 0 spiro atoms. The van der Waals surface area contributed by atoms with Crippen LogP contribution in [0.4, 0.5) is 5.69 Å². The fourth-order valence-electron chi connectivity index (χ4n) is 2.65. The van der Waals surface area contributed by atoms with Crippen LogP contribution in [0.3, 0.4) is 0 Å². The summed E-state index contributed by atoms with van der Waals surface area (Å²) in [5.41, 5.74) is 1.59. The van der Waals surface area contributed by atoms with Crippen molar-refractivity contribution in [2.45, 2.75) is 6.42 Å². The number of fused-ring (bicyclic) bond motifs is 4. The van der Waals surface area contributed by atoms with Crippen LogP contribution in [-0.2, 0) is 6.42 Å². The molecule has 4 rings (SSSR count). The molecule has 3 heterocycles. The molecule has 21 heavy (non-hydrogen) atoms. The van der Waals surface area contributed by atoms with E-state index in [4.69, 9.17) is 0 Å². The zero-order chi connectivity index (χ0) is 14.6. The van der Waals surface area contributed by atoms with Crippen molar-refractivity contribution in [3.63, 3.8) is 0 Å². The maximum atomic E-state index is 12.6. The summed E-state index contributed by atoms with van der Waals surface area (Å²) in [6.45, 7) is 0. The minimum absolute atomic E-state index is 0.0114. The first-order valence-corrected chi connectivity index (χ1v) is 6.29. The average molecular weight is 280 g/mol. The molecule has 1 aliphatic heterocycles. The van der Waals surface area contributed by atoms with E-state index < -0.39 is 4.92 Å². The summed E-state index contributed by atoms with van der Waals surface area (Å²) >= 11 is 0. The second-order valence-corrected chi connectivity index (χ2v) is 4.79. The lowest BCUT2D eigenvalue weighted by atomic mass is 10.1. The molecule has 0 saturated carbocycles. The van der Waals surface area contributed by atoms with Gasteiger partial charge in [-0.2, -0.15) is 0 Å². The monoisotopic (exact) mass is 280 g/mol. The van der Waals surface area contributed by atoms with Crippen LogP contribution in [0.15, 0.2) is 41.3 Å². The van der Waals surface area contributed by atoms with Crippen LogP contribution in [0.1, 0.15) is 11.4 Å². The molecule has 0 bridgehead atoms. The lowest BCUT2D eigenvalue weighted by Gasteiger charge is -2.05. The molecule has 2 aromatic heterocycles. The molecule has 0 fully saturated rings. The van der Waals surface area contributed by atoms with E-state index in [1.165, 1.54) is 16.7 Å². The van der Waals surface area contributed by atoms with Crippen LogP contribution >= 0.6 is 0 Å². The number of hydrogen-bond acceptors (Lipinski definition) is 5. The Morgan fingerprint density at radius 1 is 1.29 bits per heavy atom. The van der Waals surface area contributed by atoms with Gasteiger partial charge in [0.15, 0.2) is 5.65 Å². The number of non-ortho nitro benzene ring substituents is 1. The summed E-state index contributed by atoms with van der Waals surface area (Å²) < 4.78 is 1.50. The zero-order valence-corrected chi connectivity index (χ0v) is 10.7. The number of aromatic nitrogens is 3. The first-order valence-electron chi connectivity index (χ1n) is 6.29. The smallest absolute Gasteiger partial charge is 0.268 e. The summed E-state index contributed by atoms with van der Waals surface area (Å²) in [4.78, 5) is 31.4. The van der Waals surface area contributed by atoms with Gasteiger partial charge in [0, 0.05) is 24.8 Å². The SMILES string of the molecule is O=c1c2cccnc2nc2n1-c1ccc([N+](=O)[O-])cc1C2. The van der Waals surface area contributed by atoms with Gasteiger partial charge in [0.25, 0.3) is 11.2 Å². The lowest BCUT2D eigenvalue weighted by molar-refractivity contribution is -0.384. The highest BCUT2D eigenvalue weighted by molar-refractivity contribution is 5.74. The molecule has 0 atom stereocenters. The molecular formula is C14H8N4O3. The van der Waals surface area contributed by atoms with E-state index in [-0.39, 0.29) is 11.2 Å². The van der Waals surface area contributed by atoms with Crippen molar-refractivity contribution in [2.75, 3.05) is 0 Å². The van der Waals surface area contributed by atoms with Gasteiger partial charge in [0.05, 0.1) is 16.0 Å². The molecule has 1 aliphatic rings. The van der Waals surface area contributed by atoms with E-state index in [2.05, 4.69) is 9.97 Å². The largest absolute Gasteiger partial charge is 0.269 e. The van der Waals surface area contributed by atoms with Gasteiger partial charge in [-0.3, -0.25) is 19.5 Å². The van der Waals surface area contributed by atoms with Crippen LogP contribution in [0.25, 0.3) is 16.7 Å². The highest BCUT2D eigenvalue weighted by Gasteiger charge is 2.24. The predicted octanol–water partition coefficient (Wildman–Crippen LogP) is 1.59. The van der Waals surface area contributed by atoms with E-state index in [0.717, 1.165) is 5.56 Å². The van der Waals surface area contributed by atoms with Crippen molar-refractivity contribution in [3.8, 4) is 5.69 Å². The fraction of sp³-hybridized carbons (Fsp3) is 0.0714. The highest BCUT2D eigenvalue weighted by atomic mass is 16.6. The number of rotatable bonds is 1. The Hall–Kier alpha value is -3.09. The Morgan fingerprint density at radius 3 is 2.95 bits per heavy atom. The molecule has 3 aromatic rings. The predicted molar refractivity (Wildman–Crippen MR) is 74.6 cm³/mol. The van der Waals surface area contributed by atoms with Gasteiger partial charge in [-0.05, 0) is 23.8 Å². The molecule has 1 aromatic carbocycles. The molecule has 0 saturated heterocycles. The lowest BCUT2D eigenvalue weighted by Crippen LogP contribution is -2.20. The normalized spacial score (nSPS) is 12.2. The third kappa shape index (κ3) is 1.57. The summed E-state index contributed by atoms with van der Waals surface area (Å²) in [5.74, 6) is 0.557. The molecule has 0 unspecified atom stereocenters. The molecular weight excluding hydrogens is 272 g/mol. The van der Waals surface area contributed by atoms with Gasteiger partial charge in [0.1, 0.15) is 5.82 Å². The number of benzene rings is 1. The quantitative estimate of drug-likeness (QED) is 0.390. The van der Waals surface area contributed by atoms with E-state index >= 15 is 0 Å². The summed E-state index contributed by atoms with van der Waals surface area (Å²) in [5, 5.41) is 11.3. The first-order chi connectivity index (χ1) is 10.1. The van der Waals surface area contributed by atoms with Gasteiger partial charge < -0.3 is 0 Å². The minimum atomic E-state index is -0.447. The Labute approximate surface area is 117 Å². The summed E-state index contributed by atoms with van der Waals surface area (Å²) in [6, 6.07) is 7.84. The number of nitro benzene ring substituents is 1. The Morgan fingerprint density at radius 2 is 2.14 bits per heavy atom. The number of hydrogen-bond donors (Lipinski definition) is 0. The Bertz CT molecular complexity index is 978. The van der Waals surface area contributed by atoms with Crippen LogP contribution in [-0.4, -0.2) is 19.5 Å². The third-order valence-electron chi connectivity index (χ3n) is 3.58. The Balaban J connectivity index is 2.03. The molecule has 0 amide bonds. The Kier molecular flexibility index (Phi) is 2.20. The molecule has 0 aliphatic carbocycles. The van der Waals surface area contributed by atoms with Gasteiger partial charge in [-0.15, -0.1) is 0 Å². The van der Waals surface area contributed by atoms with Gasteiger partial charge in [-0.1, -0.05) is 0 Å². The van der Waals surface area contributed by atoms with E-state index in [1.54, 1.807) is 24.4 Å². The zero-order valence-electron chi connectivity index (χ0n) is 10.7. The fourth-order valence-corrected chi connectivity index (χ4v) is 2.65. The number of nitro groups is 1. The third-order valence-corrected chi connectivity index (χ3v) is 3.58. The number of nitrogens with zero attached hydrogens (tertiary/aromatic N) is 4. The van der Waals surface area contributed by atoms with Gasteiger partial charge in [-0.25, -0.2) is 9.97 Å². The molecule has 0 radical (unpaired) electrons. The maximum absolute atomic E-state index is 12.6. The topological polar surface area (TPSA) is 90.9 Å².